The highest BCUT2D eigenvalue weighted by atomic mass is 15.3. The third-order valence-corrected chi connectivity index (χ3v) is 4.04. The predicted molar refractivity (Wildman–Crippen MR) is 73.5 cm³/mol. The molecule has 1 heterocycles. The van der Waals surface area contributed by atoms with Crippen LogP contribution in [0, 0.1) is 10.8 Å². The predicted octanol–water partition coefficient (Wildman–Crippen LogP) is 1.36. The van der Waals surface area contributed by atoms with Crippen LogP contribution in [0.3, 0.4) is 0 Å². The molecule has 0 aromatic heterocycles. The minimum Gasteiger partial charge on any atom is -0.387 e. The number of amidine groups is 1. The first-order chi connectivity index (χ1) is 7.86. The van der Waals surface area contributed by atoms with Crippen LogP contribution in [0.4, 0.5) is 0 Å². The maximum Gasteiger partial charge on any atom is 0.0963 e. The minimum atomic E-state index is -0.162. The first-order valence-electron chi connectivity index (χ1n) is 6.67. The molecule has 0 radical (unpaired) electrons. The van der Waals surface area contributed by atoms with Crippen molar-refractivity contribution < 1.29 is 0 Å². The van der Waals surface area contributed by atoms with Crippen LogP contribution in [0.2, 0.25) is 0 Å². The fourth-order valence-electron chi connectivity index (χ4n) is 2.32. The Morgan fingerprint density at radius 1 is 1.41 bits per heavy atom. The summed E-state index contributed by atoms with van der Waals surface area (Å²) in [4.78, 5) is 5.02. The Kier molecular flexibility index (Phi) is 4.95. The van der Waals surface area contributed by atoms with Gasteiger partial charge in [-0.1, -0.05) is 20.8 Å². The lowest BCUT2D eigenvalue weighted by molar-refractivity contribution is 0.0830. The number of likely N-dealkylation sites (N-methyl/N-ethyl adjacent to an activating group) is 1. The van der Waals surface area contributed by atoms with Crippen molar-refractivity contribution >= 4 is 5.84 Å². The van der Waals surface area contributed by atoms with Crippen molar-refractivity contribution in [2.75, 3.05) is 32.7 Å². The third-order valence-electron chi connectivity index (χ3n) is 4.04. The molecule has 0 bridgehead atoms. The molecular formula is C13H28N4. The fourth-order valence-corrected chi connectivity index (χ4v) is 2.32. The first-order valence-corrected chi connectivity index (χ1v) is 6.67. The molecule has 3 N–H and O–H groups in total. The Hall–Kier alpha value is -0.610. The van der Waals surface area contributed by atoms with Gasteiger partial charge in [-0.15, -0.1) is 0 Å². The molecule has 1 saturated heterocycles. The number of hydrogen-bond donors (Lipinski definition) is 2. The van der Waals surface area contributed by atoms with E-state index in [9.17, 15) is 0 Å². The second-order valence-corrected chi connectivity index (χ2v) is 5.83. The van der Waals surface area contributed by atoms with Crippen molar-refractivity contribution in [2.24, 2.45) is 11.1 Å². The van der Waals surface area contributed by atoms with Crippen molar-refractivity contribution in [1.29, 1.82) is 5.41 Å². The van der Waals surface area contributed by atoms with Gasteiger partial charge in [0.2, 0.25) is 0 Å². The van der Waals surface area contributed by atoms with Gasteiger partial charge in [0.15, 0.2) is 0 Å². The monoisotopic (exact) mass is 240 g/mol. The minimum absolute atomic E-state index is 0.162. The molecule has 1 atom stereocenters. The number of nitrogens with one attached hydrogen (secondary N) is 1. The third kappa shape index (κ3) is 3.96. The summed E-state index contributed by atoms with van der Waals surface area (Å²) in [6, 6.07) is 0.647. The van der Waals surface area contributed by atoms with Crippen LogP contribution in [-0.2, 0) is 0 Å². The highest BCUT2D eigenvalue weighted by Crippen LogP contribution is 2.21. The Morgan fingerprint density at radius 2 is 2.06 bits per heavy atom. The summed E-state index contributed by atoms with van der Waals surface area (Å²) in [5.74, 6) is 0.303. The second-order valence-electron chi connectivity index (χ2n) is 5.83. The molecule has 0 aliphatic carbocycles. The lowest BCUT2D eigenvalue weighted by atomic mass is 9.88. The van der Waals surface area contributed by atoms with Crippen molar-refractivity contribution in [3.63, 3.8) is 0 Å². The summed E-state index contributed by atoms with van der Waals surface area (Å²) in [5.41, 5.74) is 5.45. The van der Waals surface area contributed by atoms with Crippen LogP contribution < -0.4 is 5.73 Å². The highest BCUT2D eigenvalue weighted by molar-refractivity contribution is 5.82. The van der Waals surface area contributed by atoms with Crippen LogP contribution >= 0.6 is 0 Å². The molecule has 1 unspecified atom stereocenters. The van der Waals surface area contributed by atoms with E-state index < -0.39 is 0 Å². The van der Waals surface area contributed by atoms with E-state index in [-0.39, 0.29) is 5.41 Å². The molecular weight excluding hydrogens is 212 g/mol. The zero-order chi connectivity index (χ0) is 13.1. The lowest BCUT2D eigenvalue weighted by Gasteiger charge is -2.40. The zero-order valence-corrected chi connectivity index (χ0v) is 11.8. The Bertz CT molecular complexity index is 262. The fraction of sp³-hybridized carbons (Fsp3) is 0.923. The average Bonchev–Trinajstić information content (AvgIpc) is 2.26. The van der Waals surface area contributed by atoms with Gasteiger partial charge in [-0.2, -0.15) is 0 Å². The molecule has 1 aliphatic heterocycles. The van der Waals surface area contributed by atoms with Gasteiger partial charge in [0.05, 0.1) is 5.84 Å². The number of rotatable bonds is 5. The SMILES string of the molecule is CCN1CCN(CCC(C)(C)C(=N)N)CC1C. The van der Waals surface area contributed by atoms with E-state index in [0.717, 1.165) is 39.1 Å². The summed E-state index contributed by atoms with van der Waals surface area (Å²) >= 11 is 0. The first kappa shape index (κ1) is 14.5. The molecule has 100 valence electrons. The van der Waals surface area contributed by atoms with E-state index in [0.29, 0.717) is 11.9 Å². The number of hydrogen-bond acceptors (Lipinski definition) is 3. The molecule has 1 aliphatic rings. The van der Waals surface area contributed by atoms with Crippen LogP contribution in [0.25, 0.3) is 0 Å². The molecule has 0 amide bonds. The quantitative estimate of drug-likeness (QED) is 0.563. The summed E-state index contributed by atoms with van der Waals surface area (Å²) in [6.07, 6.45) is 0.973. The van der Waals surface area contributed by atoms with Gasteiger partial charge in [0.25, 0.3) is 0 Å². The van der Waals surface area contributed by atoms with Gasteiger partial charge in [-0.25, -0.2) is 0 Å². The van der Waals surface area contributed by atoms with Gasteiger partial charge in [0.1, 0.15) is 0 Å². The van der Waals surface area contributed by atoms with Crippen molar-refractivity contribution in [3.05, 3.63) is 0 Å². The maximum absolute atomic E-state index is 7.57. The molecule has 0 aromatic carbocycles. The normalized spacial score (nSPS) is 23.9. The topological polar surface area (TPSA) is 56.4 Å². The highest BCUT2D eigenvalue weighted by Gasteiger charge is 2.26. The molecule has 17 heavy (non-hydrogen) atoms. The van der Waals surface area contributed by atoms with Crippen LogP contribution in [-0.4, -0.2) is 54.4 Å². The van der Waals surface area contributed by atoms with Crippen molar-refractivity contribution in [2.45, 2.75) is 40.2 Å². The van der Waals surface area contributed by atoms with Gasteiger partial charge < -0.3 is 10.6 Å². The lowest BCUT2D eigenvalue weighted by Crippen LogP contribution is -2.52. The molecule has 1 fully saturated rings. The zero-order valence-electron chi connectivity index (χ0n) is 11.8. The Labute approximate surface area is 106 Å². The van der Waals surface area contributed by atoms with E-state index in [2.05, 4.69) is 37.5 Å². The summed E-state index contributed by atoms with van der Waals surface area (Å²) in [5, 5.41) is 7.57. The standard InChI is InChI=1S/C13H28N4/c1-5-17-9-8-16(10-11(17)2)7-6-13(3,4)12(14)15/h11H,5-10H2,1-4H3,(H3,14,15). The largest absolute Gasteiger partial charge is 0.387 e. The Balaban J connectivity index is 2.37. The number of piperazine rings is 1. The van der Waals surface area contributed by atoms with Gasteiger partial charge in [-0.3, -0.25) is 10.3 Å². The molecule has 1 rings (SSSR count). The molecule has 0 spiro atoms. The van der Waals surface area contributed by atoms with Crippen LogP contribution in [0.15, 0.2) is 0 Å². The smallest absolute Gasteiger partial charge is 0.0963 e. The summed E-state index contributed by atoms with van der Waals surface area (Å²) in [7, 11) is 0. The molecule has 4 heteroatoms. The average molecular weight is 240 g/mol. The van der Waals surface area contributed by atoms with E-state index in [4.69, 9.17) is 11.1 Å². The van der Waals surface area contributed by atoms with Gasteiger partial charge in [-0.05, 0) is 26.4 Å². The van der Waals surface area contributed by atoms with Crippen LogP contribution in [0.1, 0.15) is 34.1 Å². The van der Waals surface area contributed by atoms with E-state index in [1.807, 2.05) is 0 Å². The molecule has 0 saturated carbocycles. The number of nitrogens with zero attached hydrogens (tertiary/aromatic N) is 2. The Morgan fingerprint density at radius 3 is 2.53 bits per heavy atom. The molecule has 4 nitrogen and oxygen atoms in total. The summed E-state index contributed by atoms with van der Waals surface area (Å²) in [6.45, 7) is 14.3. The van der Waals surface area contributed by atoms with Crippen molar-refractivity contribution in [1.82, 2.24) is 9.80 Å². The van der Waals surface area contributed by atoms with E-state index >= 15 is 0 Å². The van der Waals surface area contributed by atoms with Crippen LogP contribution in [0.5, 0.6) is 0 Å². The molecule has 0 aromatic rings. The van der Waals surface area contributed by atoms with E-state index in [1.54, 1.807) is 0 Å². The van der Waals surface area contributed by atoms with Gasteiger partial charge in [0, 0.05) is 31.1 Å². The second kappa shape index (κ2) is 5.83. The maximum atomic E-state index is 7.57. The van der Waals surface area contributed by atoms with Gasteiger partial charge >= 0.3 is 0 Å². The number of nitrogens with two attached hydrogens (primary N) is 1. The van der Waals surface area contributed by atoms with Crippen molar-refractivity contribution in [3.8, 4) is 0 Å². The van der Waals surface area contributed by atoms with E-state index in [1.165, 1.54) is 0 Å². The summed E-state index contributed by atoms with van der Waals surface area (Å²) < 4.78 is 0.